The van der Waals surface area contributed by atoms with Crippen LogP contribution in [0.2, 0.25) is 0 Å². The number of hydrogen-bond acceptors (Lipinski definition) is 4. The lowest BCUT2D eigenvalue weighted by atomic mass is 10.1. The number of nitrogens with zero attached hydrogens (tertiary/aromatic N) is 1. The summed E-state index contributed by atoms with van der Waals surface area (Å²) in [5, 5.41) is 3.85. The minimum absolute atomic E-state index is 0.200. The second-order valence-electron chi connectivity index (χ2n) is 4.86. The van der Waals surface area contributed by atoms with Crippen molar-refractivity contribution in [3.63, 3.8) is 0 Å². The fourth-order valence-corrected chi connectivity index (χ4v) is 2.69. The molecular weight excluding hydrogens is 360 g/mol. The summed E-state index contributed by atoms with van der Waals surface area (Å²) in [5.74, 6) is 1.04. The largest absolute Gasteiger partial charge is 0.459 e. The summed E-state index contributed by atoms with van der Waals surface area (Å²) in [6.45, 7) is 2.02. The van der Waals surface area contributed by atoms with E-state index in [1.54, 1.807) is 18.2 Å². The quantitative estimate of drug-likeness (QED) is 0.545. The minimum atomic E-state index is -0.417. The first-order valence-electron chi connectivity index (χ1n) is 6.87. The van der Waals surface area contributed by atoms with Crippen LogP contribution in [0, 0.1) is 6.92 Å². The van der Waals surface area contributed by atoms with Gasteiger partial charge < -0.3 is 8.83 Å². The summed E-state index contributed by atoms with van der Waals surface area (Å²) in [6.07, 6.45) is 2.86. The lowest BCUT2D eigenvalue weighted by molar-refractivity contribution is 0.0927. The van der Waals surface area contributed by atoms with Crippen molar-refractivity contribution in [3.8, 4) is 11.3 Å². The number of benzene rings is 1. The van der Waals surface area contributed by atoms with E-state index in [4.69, 9.17) is 8.83 Å². The van der Waals surface area contributed by atoms with E-state index in [2.05, 4.69) is 26.5 Å². The number of amides is 1. The molecule has 0 aliphatic rings. The molecule has 6 heteroatoms. The van der Waals surface area contributed by atoms with Gasteiger partial charge in [0.2, 0.25) is 0 Å². The van der Waals surface area contributed by atoms with Crippen LogP contribution in [-0.2, 0) is 0 Å². The normalized spacial score (nSPS) is 11.0. The molecule has 2 heterocycles. The number of nitrogens with one attached hydrogen (secondary N) is 1. The van der Waals surface area contributed by atoms with Crippen LogP contribution in [0.5, 0.6) is 0 Å². The number of hydrazone groups is 1. The molecule has 116 valence electrons. The second kappa shape index (κ2) is 6.66. The zero-order valence-corrected chi connectivity index (χ0v) is 13.8. The molecule has 0 saturated carbocycles. The first kappa shape index (κ1) is 15.3. The summed E-state index contributed by atoms with van der Waals surface area (Å²) < 4.78 is 11.6. The molecule has 3 rings (SSSR count). The van der Waals surface area contributed by atoms with Crippen LogP contribution in [0.15, 0.2) is 67.1 Å². The first-order valence-corrected chi connectivity index (χ1v) is 7.66. The standard InChI is InChI=1S/C17H13BrN2O3/c1-11-4-6-13(14(18)9-11)15-7-5-12(23-15)10-19-20-17(21)16-3-2-8-22-16/h2-10H,1H3,(H,20,21)/b19-10+. The molecule has 0 aliphatic carbocycles. The van der Waals surface area contributed by atoms with Crippen molar-refractivity contribution in [1.29, 1.82) is 0 Å². The van der Waals surface area contributed by atoms with Gasteiger partial charge in [0.05, 0.1) is 12.5 Å². The van der Waals surface area contributed by atoms with Gasteiger partial charge in [-0.3, -0.25) is 4.79 Å². The zero-order chi connectivity index (χ0) is 16.2. The number of carbonyl (C=O) groups excluding carboxylic acids is 1. The van der Waals surface area contributed by atoms with Crippen LogP contribution in [-0.4, -0.2) is 12.1 Å². The van der Waals surface area contributed by atoms with Crippen molar-refractivity contribution in [2.24, 2.45) is 5.10 Å². The van der Waals surface area contributed by atoms with Crippen molar-refractivity contribution in [2.75, 3.05) is 0 Å². The molecule has 1 aromatic carbocycles. The van der Waals surface area contributed by atoms with Gasteiger partial charge in [-0.15, -0.1) is 0 Å². The maximum absolute atomic E-state index is 11.6. The van der Waals surface area contributed by atoms with Gasteiger partial charge in [-0.05, 0) is 48.9 Å². The average molecular weight is 373 g/mol. The predicted octanol–water partition coefficient (Wildman–Crippen LogP) is 4.37. The Kier molecular flexibility index (Phi) is 4.43. The van der Waals surface area contributed by atoms with Crippen molar-refractivity contribution in [3.05, 3.63) is 70.3 Å². The molecule has 0 aliphatic heterocycles. The van der Waals surface area contributed by atoms with Crippen LogP contribution in [0.4, 0.5) is 0 Å². The van der Waals surface area contributed by atoms with Gasteiger partial charge in [0.25, 0.3) is 0 Å². The molecule has 2 aromatic heterocycles. The van der Waals surface area contributed by atoms with E-state index in [0.717, 1.165) is 21.4 Å². The van der Waals surface area contributed by atoms with E-state index >= 15 is 0 Å². The number of aryl methyl sites for hydroxylation is 1. The van der Waals surface area contributed by atoms with Crippen LogP contribution in [0.3, 0.4) is 0 Å². The van der Waals surface area contributed by atoms with Gasteiger partial charge in [-0.1, -0.05) is 22.0 Å². The summed E-state index contributed by atoms with van der Waals surface area (Å²) in [6, 6.07) is 12.9. The molecule has 0 radical (unpaired) electrons. The SMILES string of the molecule is Cc1ccc(-c2ccc(/C=N/NC(=O)c3ccco3)o2)c(Br)c1. The number of rotatable bonds is 4. The highest BCUT2D eigenvalue weighted by molar-refractivity contribution is 9.10. The number of furan rings is 2. The lowest BCUT2D eigenvalue weighted by Gasteiger charge is -2.01. The van der Waals surface area contributed by atoms with Crippen LogP contribution in [0.1, 0.15) is 21.9 Å². The molecule has 23 heavy (non-hydrogen) atoms. The number of hydrogen-bond donors (Lipinski definition) is 1. The number of carbonyl (C=O) groups is 1. The topological polar surface area (TPSA) is 67.7 Å². The minimum Gasteiger partial charge on any atom is -0.459 e. The summed E-state index contributed by atoms with van der Waals surface area (Å²) in [4.78, 5) is 11.6. The van der Waals surface area contributed by atoms with Gasteiger partial charge in [0.15, 0.2) is 5.76 Å². The van der Waals surface area contributed by atoms with Crippen LogP contribution < -0.4 is 5.43 Å². The highest BCUT2D eigenvalue weighted by Crippen LogP contribution is 2.30. The smallest absolute Gasteiger partial charge is 0.307 e. The Morgan fingerprint density at radius 1 is 1.26 bits per heavy atom. The molecule has 0 saturated heterocycles. The van der Waals surface area contributed by atoms with Gasteiger partial charge in [-0.2, -0.15) is 5.10 Å². The van der Waals surface area contributed by atoms with Crippen molar-refractivity contribution in [1.82, 2.24) is 5.43 Å². The molecule has 0 atom stereocenters. The molecular formula is C17H13BrN2O3. The van der Waals surface area contributed by atoms with Crippen molar-refractivity contribution in [2.45, 2.75) is 6.92 Å². The molecule has 1 N–H and O–H groups in total. The Hall–Kier alpha value is -2.60. The van der Waals surface area contributed by atoms with Crippen molar-refractivity contribution < 1.29 is 13.6 Å². The molecule has 0 fully saturated rings. The third kappa shape index (κ3) is 3.60. The third-order valence-corrected chi connectivity index (χ3v) is 3.78. The molecule has 3 aromatic rings. The van der Waals surface area contributed by atoms with E-state index in [1.807, 2.05) is 31.2 Å². The summed E-state index contributed by atoms with van der Waals surface area (Å²) in [5.41, 5.74) is 4.48. The van der Waals surface area contributed by atoms with Gasteiger partial charge in [0.1, 0.15) is 11.5 Å². The summed E-state index contributed by atoms with van der Waals surface area (Å²) in [7, 11) is 0. The Balaban J connectivity index is 1.70. The van der Waals surface area contributed by atoms with Crippen molar-refractivity contribution >= 4 is 28.1 Å². The Bertz CT molecular complexity index is 851. The number of halogens is 1. The summed E-state index contributed by atoms with van der Waals surface area (Å²) >= 11 is 3.53. The zero-order valence-electron chi connectivity index (χ0n) is 12.2. The van der Waals surface area contributed by atoms with Gasteiger partial charge in [0, 0.05) is 10.0 Å². The lowest BCUT2D eigenvalue weighted by Crippen LogP contribution is -2.16. The van der Waals surface area contributed by atoms with E-state index in [-0.39, 0.29) is 5.76 Å². The molecule has 0 unspecified atom stereocenters. The van der Waals surface area contributed by atoms with E-state index in [1.165, 1.54) is 12.5 Å². The third-order valence-electron chi connectivity index (χ3n) is 3.12. The Morgan fingerprint density at radius 3 is 2.87 bits per heavy atom. The highest BCUT2D eigenvalue weighted by atomic mass is 79.9. The predicted molar refractivity (Wildman–Crippen MR) is 90.3 cm³/mol. The maximum atomic E-state index is 11.6. The first-order chi connectivity index (χ1) is 11.1. The van der Waals surface area contributed by atoms with E-state index in [0.29, 0.717) is 5.76 Å². The maximum Gasteiger partial charge on any atom is 0.307 e. The highest BCUT2D eigenvalue weighted by Gasteiger charge is 2.08. The Labute approximate surface area is 141 Å². The van der Waals surface area contributed by atoms with Crippen LogP contribution >= 0.6 is 15.9 Å². The molecule has 5 nitrogen and oxygen atoms in total. The van der Waals surface area contributed by atoms with E-state index < -0.39 is 5.91 Å². The molecule has 0 spiro atoms. The van der Waals surface area contributed by atoms with Gasteiger partial charge >= 0.3 is 5.91 Å². The van der Waals surface area contributed by atoms with Gasteiger partial charge in [-0.25, -0.2) is 5.43 Å². The fourth-order valence-electron chi connectivity index (χ4n) is 2.00. The second-order valence-corrected chi connectivity index (χ2v) is 5.72. The average Bonchev–Trinajstić information content (AvgIpc) is 3.18. The monoisotopic (exact) mass is 372 g/mol. The molecule has 1 amide bonds. The Morgan fingerprint density at radius 2 is 2.13 bits per heavy atom. The van der Waals surface area contributed by atoms with E-state index in [9.17, 15) is 4.79 Å². The van der Waals surface area contributed by atoms with Crippen LogP contribution in [0.25, 0.3) is 11.3 Å². The molecule has 0 bridgehead atoms. The fraction of sp³-hybridized carbons (Fsp3) is 0.0588.